The summed E-state index contributed by atoms with van der Waals surface area (Å²) in [4.78, 5) is 2.26. The molecule has 0 fully saturated rings. The van der Waals surface area contributed by atoms with Crippen LogP contribution in [0.25, 0.3) is 0 Å². The Kier molecular flexibility index (Phi) is 11.4. The van der Waals surface area contributed by atoms with Crippen LogP contribution < -0.4 is 0 Å². The minimum atomic E-state index is 0. The predicted octanol–water partition coefficient (Wildman–Crippen LogP) is 3.80. The van der Waals surface area contributed by atoms with Crippen LogP contribution in [-0.2, 0) is 21.7 Å². The molecule has 0 aliphatic carbocycles. The second-order valence-electron chi connectivity index (χ2n) is 4.29. The fourth-order valence-electron chi connectivity index (χ4n) is 1.67. The smallest absolute Gasteiger partial charge is 0.333 e. The van der Waals surface area contributed by atoms with Crippen LogP contribution in [0.15, 0.2) is 6.07 Å². The molecule has 0 spiro atoms. The third-order valence-corrected chi connectivity index (χ3v) is 3.39. The fraction of sp³-hybridized carbons (Fsp3) is 0.600. The van der Waals surface area contributed by atoms with Crippen molar-refractivity contribution >= 4 is 0 Å². The van der Waals surface area contributed by atoms with E-state index in [1.807, 2.05) is 0 Å². The molecule has 0 N–H and O–H groups in total. The fourth-order valence-corrected chi connectivity index (χ4v) is 1.67. The molecule has 2 heteroatoms. The zero-order valence-corrected chi connectivity index (χ0v) is 13.9. The van der Waals surface area contributed by atoms with Gasteiger partial charge >= 0.3 is 21.7 Å². The molecule has 17 heavy (non-hydrogen) atoms. The molecule has 96 valence electrons. The molecule has 0 bridgehead atoms. The Morgan fingerprint density at radius 2 is 1.29 bits per heavy atom. The minimum Gasteiger partial charge on any atom is -0.333 e. The van der Waals surface area contributed by atoms with Gasteiger partial charge in [-0.3, -0.25) is 0 Å². The summed E-state index contributed by atoms with van der Waals surface area (Å²) >= 11 is 0. The van der Waals surface area contributed by atoms with Crippen LogP contribution in [0.3, 0.4) is 0 Å². The van der Waals surface area contributed by atoms with Crippen molar-refractivity contribution in [3.63, 3.8) is 0 Å². The van der Waals surface area contributed by atoms with Gasteiger partial charge in [0.2, 0.25) is 0 Å². The second kappa shape index (κ2) is 9.99. The quantitative estimate of drug-likeness (QED) is 0.596. The monoisotopic (exact) mass is 269 g/mol. The number of hydrogen-bond acceptors (Lipinski definition) is 1. The van der Waals surface area contributed by atoms with Crippen LogP contribution in [0, 0.1) is 34.6 Å². The van der Waals surface area contributed by atoms with Crippen molar-refractivity contribution in [2.45, 2.75) is 41.5 Å². The molecule has 1 aromatic rings. The van der Waals surface area contributed by atoms with Gasteiger partial charge in [-0.15, -0.1) is 6.54 Å². The van der Waals surface area contributed by atoms with E-state index in [-0.39, 0.29) is 21.7 Å². The molecule has 1 rings (SSSR count). The van der Waals surface area contributed by atoms with E-state index in [0.717, 1.165) is 19.6 Å². The molecule has 0 saturated carbocycles. The Bertz CT molecular complexity index is 270. The average molecular weight is 269 g/mol. The van der Waals surface area contributed by atoms with Gasteiger partial charge < -0.3 is 11.8 Å². The Morgan fingerprint density at radius 3 is 1.35 bits per heavy atom. The van der Waals surface area contributed by atoms with Crippen molar-refractivity contribution in [3.05, 3.63) is 35.2 Å². The summed E-state index contributed by atoms with van der Waals surface area (Å²) in [5.74, 6) is 0. The zero-order chi connectivity index (χ0) is 12.7. The molecular formula is C15H27NTi. The van der Waals surface area contributed by atoms with Crippen molar-refractivity contribution in [2.75, 3.05) is 19.6 Å². The van der Waals surface area contributed by atoms with Gasteiger partial charge in [-0.2, -0.15) is 28.3 Å². The molecule has 0 unspecified atom stereocenters. The van der Waals surface area contributed by atoms with Gasteiger partial charge in [-0.25, -0.2) is 0 Å². The van der Waals surface area contributed by atoms with Crippen LogP contribution in [0.4, 0.5) is 0 Å². The molecule has 0 radical (unpaired) electrons. The normalized spacial score (nSPS) is 9.65. The number of nitrogens with zero attached hydrogens (tertiary/aromatic N) is 1. The Labute approximate surface area is 123 Å². The van der Waals surface area contributed by atoms with Gasteiger partial charge in [0, 0.05) is 0 Å². The molecule has 0 aromatic heterocycles. The molecule has 0 amide bonds. The summed E-state index contributed by atoms with van der Waals surface area (Å²) in [6.07, 6.45) is 0. The number of aryl methyl sites for hydroxylation is 2. The summed E-state index contributed by atoms with van der Waals surface area (Å²) < 4.78 is 0. The van der Waals surface area contributed by atoms with Crippen LogP contribution in [-0.4, -0.2) is 24.5 Å². The molecule has 0 aliphatic heterocycles. The molecule has 1 aromatic carbocycles. The zero-order valence-electron chi connectivity index (χ0n) is 12.4. The van der Waals surface area contributed by atoms with Crippen LogP contribution >= 0.6 is 0 Å². The summed E-state index contributed by atoms with van der Waals surface area (Å²) in [7, 11) is 0. The van der Waals surface area contributed by atoms with Crippen molar-refractivity contribution in [1.82, 2.24) is 4.90 Å². The van der Waals surface area contributed by atoms with Crippen molar-refractivity contribution in [2.24, 2.45) is 0 Å². The third-order valence-electron chi connectivity index (χ3n) is 3.39. The summed E-state index contributed by atoms with van der Waals surface area (Å²) in [6.45, 7) is 19.9. The Hall–Kier alpha value is 0.0243. The summed E-state index contributed by atoms with van der Waals surface area (Å²) in [5, 5.41) is 0. The van der Waals surface area contributed by atoms with Gasteiger partial charge in [-0.1, -0.05) is 41.5 Å². The molecule has 0 atom stereocenters. The van der Waals surface area contributed by atoms with Gasteiger partial charge in [0.1, 0.15) is 0 Å². The van der Waals surface area contributed by atoms with E-state index in [1.54, 1.807) is 0 Å². The standard InChI is InChI=1S/C9H13.C6H14N.Ti/c1-6-5-7(2)9(4)8(6)3;1-4-7(5-2)6-3;/h5H,1-4H3;1,4-6H2,2-3H3;/q2*-1;+2. The molecular weight excluding hydrogens is 242 g/mol. The van der Waals surface area contributed by atoms with E-state index in [0.29, 0.717) is 0 Å². The summed E-state index contributed by atoms with van der Waals surface area (Å²) in [6, 6.07) is 2.24. The van der Waals surface area contributed by atoms with E-state index < -0.39 is 0 Å². The topological polar surface area (TPSA) is 3.24 Å². The van der Waals surface area contributed by atoms with Gasteiger partial charge in [0.25, 0.3) is 0 Å². The van der Waals surface area contributed by atoms with Crippen LogP contribution in [0.5, 0.6) is 0 Å². The molecule has 0 aliphatic rings. The predicted molar refractivity (Wildman–Crippen MR) is 74.1 cm³/mol. The number of hydrogen-bond donors (Lipinski definition) is 0. The first-order valence-electron chi connectivity index (χ1n) is 6.19. The van der Waals surface area contributed by atoms with Crippen LogP contribution in [0.2, 0.25) is 0 Å². The van der Waals surface area contributed by atoms with E-state index >= 15 is 0 Å². The van der Waals surface area contributed by atoms with Crippen molar-refractivity contribution < 1.29 is 21.7 Å². The van der Waals surface area contributed by atoms with Crippen molar-refractivity contribution in [3.8, 4) is 0 Å². The van der Waals surface area contributed by atoms with Gasteiger partial charge in [-0.05, 0) is 13.1 Å². The first kappa shape index (κ1) is 19.4. The maximum atomic E-state index is 3.75. The number of rotatable bonds is 3. The summed E-state index contributed by atoms with van der Waals surface area (Å²) in [5.41, 5.74) is 5.75. The largest absolute Gasteiger partial charge is 2.00 e. The molecule has 0 heterocycles. The van der Waals surface area contributed by atoms with E-state index in [4.69, 9.17) is 0 Å². The van der Waals surface area contributed by atoms with Gasteiger partial charge in [0.15, 0.2) is 0 Å². The van der Waals surface area contributed by atoms with Crippen molar-refractivity contribution in [1.29, 1.82) is 0 Å². The SMILES string of the molecule is Cc1[cH-]c(C)c(C)c1C.[CH2-]CN(CC)CC.[Ti+2]. The van der Waals surface area contributed by atoms with E-state index in [1.165, 1.54) is 22.3 Å². The molecule has 0 saturated heterocycles. The van der Waals surface area contributed by atoms with E-state index in [9.17, 15) is 0 Å². The molecule has 1 nitrogen and oxygen atoms in total. The third kappa shape index (κ3) is 6.50. The maximum absolute atomic E-state index is 3.75. The Balaban J connectivity index is 0. The average Bonchev–Trinajstić information content (AvgIpc) is 2.49. The van der Waals surface area contributed by atoms with Crippen LogP contribution in [0.1, 0.15) is 36.1 Å². The van der Waals surface area contributed by atoms with E-state index in [2.05, 4.69) is 59.4 Å². The maximum Gasteiger partial charge on any atom is 2.00 e. The first-order valence-corrected chi connectivity index (χ1v) is 6.19. The second-order valence-corrected chi connectivity index (χ2v) is 4.29. The first-order chi connectivity index (χ1) is 7.47. The van der Waals surface area contributed by atoms with Gasteiger partial charge in [0.05, 0.1) is 0 Å². The minimum absolute atomic E-state index is 0. The Morgan fingerprint density at radius 1 is 0.941 bits per heavy atom.